The van der Waals surface area contributed by atoms with E-state index in [4.69, 9.17) is 4.74 Å². The second-order valence-corrected chi connectivity index (χ2v) is 7.98. The Morgan fingerprint density at radius 2 is 1.97 bits per heavy atom. The first-order chi connectivity index (χ1) is 17.1. The van der Waals surface area contributed by atoms with Crippen LogP contribution in [0.5, 0.6) is 0 Å². The summed E-state index contributed by atoms with van der Waals surface area (Å²) in [6, 6.07) is 10.3. The Labute approximate surface area is 201 Å². The van der Waals surface area contributed by atoms with E-state index in [1.807, 2.05) is 18.2 Å². The Kier molecular flexibility index (Phi) is 6.30. The molecule has 1 unspecified atom stereocenters. The topological polar surface area (TPSA) is 102 Å². The van der Waals surface area contributed by atoms with E-state index in [1.54, 1.807) is 13.1 Å². The van der Waals surface area contributed by atoms with E-state index < -0.39 is 11.9 Å². The minimum atomic E-state index is -1.16. The standard InChI is InChI=1S/C25H24FN7O2/c1-3-33-25(30-15-31-33)23(27-2)24(34)16-4-7-20(26)19(12-16)22-18-6-5-17(13-21(18)28-14-29-22)32-8-10-35-11-9-32/h3-7,12-15,24,34H,1,8-11H2,2H3/b27-23-. The van der Waals surface area contributed by atoms with Gasteiger partial charge >= 0.3 is 0 Å². The number of hydrogen-bond acceptors (Lipinski definition) is 8. The van der Waals surface area contributed by atoms with Gasteiger partial charge in [-0.05, 0) is 35.9 Å². The van der Waals surface area contributed by atoms with Crippen LogP contribution in [-0.2, 0) is 4.74 Å². The lowest BCUT2D eigenvalue weighted by molar-refractivity contribution is 0.122. The molecule has 1 fully saturated rings. The summed E-state index contributed by atoms with van der Waals surface area (Å²) in [5, 5.41) is 15.9. The SMILES string of the molecule is C=Cn1ncnc1/C(=N\C)C(O)c1ccc(F)c(-c2ncnc3cc(N4CCOCC4)ccc23)c1. The van der Waals surface area contributed by atoms with E-state index in [-0.39, 0.29) is 11.3 Å². The molecule has 2 aromatic carbocycles. The zero-order chi connectivity index (χ0) is 24.4. The van der Waals surface area contributed by atoms with Gasteiger partial charge in [-0.25, -0.2) is 24.0 Å². The molecule has 3 heterocycles. The molecule has 178 valence electrons. The van der Waals surface area contributed by atoms with Gasteiger partial charge in [0.15, 0.2) is 5.82 Å². The van der Waals surface area contributed by atoms with Crippen molar-refractivity contribution in [1.29, 1.82) is 0 Å². The minimum Gasteiger partial charge on any atom is -0.382 e. The molecule has 0 aliphatic carbocycles. The number of aliphatic hydroxyl groups excluding tert-OH is 1. The fourth-order valence-electron chi connectivity index (χ4n) is 4.24. The van der Waals surface area contributed by atoms with Crippen molar-refractivity contribution < 1.29 is 14.2 Å². The molecule has 0 amide bonds. The molecule has 0 spiro atoms. The van der Waals surface area contributed by atoms with E-state index >= 15 is 4.39 Å². The summed E-state index contributed by atoms with van der Waals surface area (Å²) in [5.74, 6) is -0.105. The third kappa shape index (κ3) is 4.29. The van der Waals surface area contributed by atoms with E-state index in [9.17, 15) is 5.11 Å². The number of halogens is 1. The van der Waals surface area contributed by atoms with E-state index in [0.29, 0.717) is 41.2 Å². The van der Waals surface area contributed by atoms with Crippen LogP contribution < -0.4 is 4.90 Å². The van der Waals surface area contributed by atoms with Crippen LogP contribution >= 0.6 is 0 Å². The van der Waals surface area contributed by atoms with Crippen LogP contribution in [0, 0.1) is 5.82 Å². The van der Waals surface area contributed by atoms with Crippen LogP contribution in [0.25, 0.3) is 28.4 Å². The predicted octanol–water partition coefficient (Wildman–Crippen LogP) is 3.12. The molecule has 1 N–H and O–H groups in total. The predicted molar refractivity (Wildman–Crippen MR) is 132 cm³/mol. The molecule has 4 aromatic rings. The van der Waals surface area contributed by atoms with Gasteiger partial charge in [0, 0.05) is 43.0 Å². The quantitative estimate of drug-likeness (QED) is 0.429. The summed E-state index contributed by atoms with van der Waals surface area (Å²) < 4.78 is 21.9. The van der Waals surface area contributed by atoms with Crippen LogP contribution in [0.2, 0.25) is 0 Å². The Balaban J connectivity index is 1.54. The number of aliphatic imine (C=N–C) groups is 1. The number of anilines is 1. The maximum absolute atomic E-state index is 15.1. The van der Waals surface area contributed by atoms with Gasteiger partial charge in [-0.1, -0.05) is 12.6 Å². The molecule has 35 heavy (non-hydrogen) atoms. The molecule has 5 rings (SSSR count). The number of aliphatic hydroxyl groups is 1. The van der Waals surface area contributed by atoms with E-state index in [0.717, 1.165) is 18.8 Å². The molecule has 9 nitrogen and oxygen atoms in total. The average molecular weight is 474 g/mol. The molecule has 1 saturated heterocycles. The monoisotopic (exact) mass is 473 g/mol. The van der Waals surface area contributed by atoms with Crippen LogP contribution in [0.15, 0.2) is 60.6 Å². The van der Waals surface area contributed by atoms with E-state index in [1.165, 1.54) is 35.7 Å². The summed E-state index contributed by atoms with van der Waals surface area (Å²) in [5.41, 5.74) is 3.16. The number of aromatic nitrogens is 5. The third-order valence-electron chi connectivity index (χ3n) is 6.03. The lowest BCUT2D eigenvalue weighted by Crippen LogP contribution is -2.36. The number of nitrogens with zero attached hydrogens (tertiary/aromatic N) is 7. The van der Waals surface area contributed by atoms with Crippen LogP contribution in [0.3, 0.4) is 0 Å². The summed E-state index contributed by atoms with van der Waals surface area (Å²) in [7, 11) is 1.55. The molecule has 0 saturated carbocycles. The van der Waals surface area contributed by atoms with Crippen LogP contribution in [-0.4, -0.2) is 68.9 Å². The maximum Gasteiger partial charge on any atom is 0.179 e. The molecule has 0 bridgehead atoms. The molecule has 0 radical (unpaired) electrons. The van der Waals surface area contributed by atoms with Gasteiger partial charge in [-0.2, -0.15) is 5.10 Å². The largest absolute Gasteiger partial charge is 0.382 e. The first-order valence-electron chi connectivity index (χ1n) is 11.1. The van der Waals surface area contributed by atoms with Gasteiger partial charge in [0.1, 0.15) is 30.3 Å². The highest BCUT2D eigenvalue weighted by molar-refractivity contribution is 6.02. The highest BCUT2D eigenvalue weighted by atomic mass is 19.1. The Morgan fingerprint density at radius 3 is 2.74 bits per heavy atom. The summed E-state index contributed by atoms with van der Waals surface area (Å²) in [4.78, 5) is 19.4. The molecule has 1 aliphatic heterocycles. The van der Waals surface area contributed by atoms with Crippen molar-refractivity contribution >= 4 is 28.5 Å². The van der Waals surface area contributed by atoms with Crippen molar-refractivity contribution in [2.75, 3.05) is 38.3 Å². The Bertz CT molecular complexity index is 1410. The molecular formula is C25H24FN7O2. The Hall–Kier alpha value is -4.02. The molecular weight excluding hydrogens is 449 g/mol. The summed E-state index contributed by atoms with van der Waals surface area (Å²) in [6.45, 7) is 6.66. The van der Waals surface area contributed by atoms with Crippen molar-refractivity contribution in [2.24, 2.45) is 4.99 Å². The maximum atomic E-state index is 15.1. The van der Waals surface area contributed by atoms with Crippen LogP contribution in [0.1, 0.15) is 17.5 Å². The van der Waals surface area contributed by atoms with E-state index in [2.05, 4.69) is 36.5 Å². The zero-order valence-electron chi connectivity index (χ0n) is 19.2. The fourth-order valence-corrected chi connectivity index (χ4v) is 4.24. The number of rotatable bonds is 6. The number of morpholine rings is 1. The Morgan fingerprint density at radius 1 is 1.14 bits per heavy atom. The fraction of sp³-hybridized carbons (Fsp3) is 0.240. The molecule has 10 heteroatoms. The summed E-state index contributed by atoms with van der Waals surface area (Å²) >= 11 is 0. The lowest BCUT2D eigenvalue weighted by atomic mass is 9.98. The second kappa shape index (κ2) is 9.69. The molecule has 1 atom stereocenters. The first-order valence-corrected chi connectivity index (χ1v) is 11.1. The van der Waals surface area contributed by atoms with Crippen molar-refractivity contribution in [1.82, 2.24) is 24.7 Å². The van der Waals surface area contributed by atoms with Gasteiger partial charge in [0.05, 0.1) is 24.4 Å². The first kappa shape index (κ1) is 22.8. The van der Waals surface area contributed by atoms with Crippen molar-refractivity contribution in [2.45, 2.75) is 6.10 Å². The lowest BCUT2D eigenvalue weighted by Gasteiger charge is -2.29. The van der Waals surface area contributed by atoms with Gasteiger partial charge in [-0.3, -0.25) is 4.99 Å². The number of fused-ring (bicyclic) bond motifs is 1. The highest BCUT2D eigenvalue weighted by Gasteiger charge is 2.23. The summed E-state index contributed by atoms with van der Waals surface area (Å²) in [6.07, 6.45) is 3.08. The van der Waals surface area contributed by atoms with Gasteiger partial charge in [0.25, 0.3) is 0 Å². The second-order valence-electron chi connectivity index (χ2n) is 7.98. The van der Waals surface area contributed by atoms with Crippen molar-refractivity contribution in [3.8, 4) is 11.3 Å². The normalized spacial score (nSPS) is 15.4. The minimum absolute atomic E-state index is 0.258. The van der Waals surface area contributed by atoms with Gasteiger partial charge < -0.3 is 14.7 Å². The van der Waals surface area contributed by atoms with Crippen molar-refractivity contribution in [3.05, 3.63) is 72.8 Å². The van der Waals surface area contributed by atoms with Crippen molar-refractivity contribution in [3.63, 3.8) is 0 Å². The molecule has 2 aromatic heterocycles. The zero-order valence-corrected chi connectivity index (χ0v) is 19.2. The number of ether oxygens (including phenoxy) is 1. The average Bonchev–Trinajstić information content (AvgIpc) is 3.38. The third-order valence-corrected chi connectivity index (χ3v) is 6.03. The van der Waals surface area contributed by atoms with Gasteiger partial charge in [-0.15, -0.1) is 0 Å². The number of hydrogen-bond donors (Lipinski definition) is 1. The van der Waals surface area contributed by atoms with Gasteiger partial charge in [0.2, 0.25) is 0 Å². The smallest absolute Gasteiger partial charge is 0.179 e. The number of benzene rings is 2. The molecule has 1 aliphatic rings. The van der Waals surface area contributed by atoms with Crippen LogP contribution in [0.4, 0.5) is 10.1 Å². The highest BCUT2D eigenvalue weighted by Crippen LogP contribution is 2.32.